The molecule has 1 amide bonds. The molecule has 10 heavy (non-hydrogen) atoms. The smallest absolute Gasteiger partial charge is 0.250 e. The Balaban J connectivity index is 3.68. The summed E-state index contributed by atoms with van der Waals surface area (Å²) < 4.78 is 4.87. The second-order valence-electron chi connectivity index (χ2n) is 1.90. The number of likely N-dealkylation sites (N-methyl/N-ethyl adjacent to an activating group) is 2. The summed E-state index contributed by atoms with van der Waals surface area (Å²) in [5.74, 6) is -0.100. The highest BCUT2D eigenvalue weighted by molar-refractivity contribution is 5.80. The highest BCUT2D eigenvalue weighted by Crippen LogP contribution is 1.85. The second kappa shape index (κ2) is 5.20. The summed E-state index contributed by atoms with van der Waals surface area (Å²) in [5, 5.41) is 5.34. The van der Waals surface area contributed by atoms with Crippen molar-refractivity contribution in [3.05, 3.63) is 0 Å². The van der Waals surface area contributed by atoms with Gasteiger partial charge in [0.2, 0.25) is 5.91 Å². The van der Waals surface area contributed by atoms with Crippen molar-refractivity contribution in [3.8, 4) is 0 Å². The van der Waals surface area contributed by atoms with Crippen molar-refractivity contribution in [1.29, 1.82) is 0 Å². The van der Waals surface area contributed by atoms with Crippen molar-refractivity contribution < 1.29 is 9.53 Å². The lowest BCUT2D eigenvalue weighted by atomic mass is 10.3. The van der Waals surface area contributed by atoms with E-state index in [1.807, 2.05) is 0 Å². The topological polar surface area (TPSA) is 50.4 Å². The van der Waals surface area contributed by atoms with Gasteiger partial charge in [-0.1, -0.05) is 0 Å². The average Bonchev–Trinajstić information content (AvgIpc) is 1.99. The summed E-state index contributed by atoms with van der Waals surface area (Å²) >= 11 is 0. The number of carbonyl (C=O) groups is 1. The third kappa shape index (κ3) is 2.80. The first-order valence-corrected chi connectivity index (χ1v) is 3.15. The van der Waals surface area contributed by atoms with Crippen molar-refractivity contribution >= 4 is 5.91 Å². The van der Waals surface area contributed by atoms with Gasteiger partial charge in [0.1, 0.15) is 6.10 Å². The molecule has 0 aromatic heterocycles. The summed E-state index contributed by atoms with van der Waals surface area (Å²) in [5.41, 5.74) is 0. The van der Waals surface area contributed by atoms with Crippen LogP contribution >= 0.6 is 0 Å². The lowest BCUT2D eigenvalue weighted by Crippen LogP contribution is -2.39. The van der Waals surface area contributed by atoms with Crippen LogP contribution in [-0.2, 0) is 9.53 Å². The largest absolute Gasteiger partial charge is 0.370 e. The van der Waals surface area contributed by atoms with Crippen LogP contribution in [0.15, 0.2) is 0 Å². The fourth-order valence-corrected chi connectivity index (χ4v) is 0.629. The first-order chi connectivity index (χ1) is 4.76. The van der Waals surface area contributed by atoms with Crippen LogP contribution in [0.4, 0.5) is 0 Å². The van der Waals surface area contributed by atoms with Gasteiger partial charge in [-0.2, -0.15) is 0 Å². The van der Waals surface area contributed by atoms with E-state index in [-0.39, 0.29) is 12.0 Å². The van der Waals surface area contributed by atoms with Gasteiger partial charge in [-0.3, -0.25) is 4.79 Å². The highest BCUT2D eigenvalue weighted by atomic mass is 16.5. The van der Waals surface area contributed by atoms with E-state index in [9.17, 15) is 4.79 Å². The monoisotopic (exact) mass is 146 g/mol. The normalized spacial score (nSPS) is 12.7. The first-order valence-electron chi connectivity index (χ1n) is 3.15. The van der Waals surface area contributed by atoms with Crippen LogP contribution in [0.1, 0.15) is 0 Å². The minimum absolute atomic E-state index is 0.100. The zero-order valence-electron chi connectivity index (χ0n) is 6.60. The van der Waals surface area contributed by atoms with Crippen LogP contribution in [0.3, 0.4) is 0 Å². The first kappa shape index (κ1) is 9.39. The molecule has 0 fully saturated rings. The Bertz CT molecular complexity index is 106. The van der Waals surface area contributed by atoms with Gasteiger partial charge in [0.15, 0.2) is 0 Å². The van der Waals surface area contributed by atoms with Gasteiger partial charge in [-0.05, 0) is 7.05 Å². The van der Waals surface area contributed by atoms with Crippen LogP contribution < -0.4 is 10.6 Å². The SMILES string of the molecule is CNC[C@H](OC)C(=O)NC. The third-order valence-electron chi connectivity index (χ3n) is 1.21. The van der Waals surface area contributed by atoms with Crippen molar-refractivity contribution in [2.24, 2.45) is 0 Å². The summed E-state index contributed by atoms with van der Waals surface area (Å²) in [6.45, 7) is 0.538. The third-order valence-corrected chi connectivity index (χ3v) is 1.21. The predicted octanol–water partition coefficient (Wildman–Crippen LogP) is -1.03. The molecule has 2 N–H and O–H groups in total. The molecule has 0 aromatic rings. The van der Waals surface area contributed by atoms with E-state index in [0.717, 1.165) is 0 Å². The quantitative estimate of drug-likeness (QED) is 0.533. The molecule has 0 aliphatic heterocycles. The zero-order valence-corrected chi connectivity index (χ0v) is 6.60. The lowest BCUT2D eigenvalue weighted by molar-refractivity contribution is -0.130. The van der Waals surface area contributed by atoms with Crippen molar-refractivity contribution in [2.45, 2.75) is 6.10 Å². The second-order valence-corrected chi connectivity index (χ2v) is 1.90. The number of ether oxygens (including phenoxy) is 1. The molecule has 0 radical (unpaired) electrons. The maximum Gasteiger partial charge on any atom is 0.250 e. The molecule has 0 aliphatic rings. The maximum absolute atomic E-state index is 10.9. The number of hydrogen-bond donors (Lipinski definition) is 2. The Labute approximate surface area is 60.9 Å². The van der Waals surface area contributed by atoms with Crippen LogP contribution in [0.25, 0.3) is 0 Å². The molecule has 0 unspecified atom stereocenters. The molecule has 0 saturated heterocycles. The van der Waals surface area contributed by atoms with E-state index in [1.54, 1.807) is 14.1 Å². The highest BCUT2D eigenvalue weighted by Gasteiger charge is 2.13. The van der Waals surface area contributed by atoms with Gasteiger partial charge in [0, 0.05) is 20.7 Å². The van der Waals surface area contributed by atoms with Gasteiger partial charge in [0.25, 0.3) is 0 Å². The number of methoxy groups -OCH3 is 1. The van der Waals surface area contributed by atoms with Gasteiger partial charge in [-0.15, -0.1) is 0 Å². The van der Waals surface area contributed by atoms with Crippen molar-refractivity contribution in [3.63, 3.8) is 0 Å². The van der Waals surface area contributed by atoms with Crippen molar-refractivity contribution in [1.82, 2.24) is 10.6 Å². The van der Waals surface area contributed by atoms with E-state index in [1.165, 1.54) is 7.11 Å². The summed E-state index contributed by atoms with van der Waals surface area (Å²) in [4.78, 5) is 10.9. The van der Waals surface area contributed by atoms with E-state index < -0.39 is 0 Å². The van der Waals surface area contributed by atoms with Crippen LogP contribution in [0, 0.1) is 0 Å². The fraction of sp³-hybridized carbons (Fsp3) is 0.833. The minimum Gasteiger partial charge on any atom is -0.370 e. The van der Waals surface area contributed by atoms with Crippen molar-refractivity contribution in [2.75, 3.05) is 27.7 Å². The molecule has 0 rings (SSSR count). The molecule has 60 valence electrons. The average molecular weight is 146 g/mol. The van der Waals surface area contributed by atoms with Crippen LogP contribution in [0.2, 0.25) is 0 Å². The number of hydrogen-bond acceptors (Lipinski definition) is 3. The Morgan fingerprint density at radius 2 is 2.20 bits per heavy atom. The lowest BCUT2D eigenvalue weighted by Gasteiger charge is -2.11. The zero-order chi connectivity index (χ0) is 7.98. The van der Waals surface area contributed by atoms with Crippen LogP contribution in [-0.4, -0.2) is 39.8 Å². The predicted molar refractivity (Wildman–Crippen MR) is 38.8 cm³/mol. The fourth-order valence-electron chi connectivity index (χ4n) is 0.629. The molecule has 4 nitrogen and oxygen atoms in total. The Hall–Kier alpha value is -0.610. The Kier molecular flexibility index (Phi) is 4.88. The van der Waals surface area contributed by atoms with Gasteiger partial charge in [0.05, 0.1) is 0 Å². The maximum atomic E-state index is 10.9. The number of amides is 1. The number of rotatable bonds is 4. The Morgan fingerprint density at radius 3 is 2.50 bits per heavy atom. The molecule has 1 atom stereocenters. The summed E-state index contributed by atoms with van der Waals surface area (Å²) in [6.07, 6.45) is -0.380. The number of carbonyl (C=O) groups excluding carboxylic acids is 1. The van der Waals surface area contributed by atoms with Crippen LogP contribution in [0.5, 0.6) is 0 Å². The summed E-state index contributed by atoms with van der Waals surface area (Å²) in [7, 11) is 4.87. The van der Waals surface area contributed by atoms with E-state index in [2.05, 4.69) is 10.6 Å². The molecule has 0 bridgehead atoms. The molecule has 0 aliphatic carbocycles. The van der Waals surface area contributed by atoms with E-state index >= 15 is 0 Å². The molecular weight excluding hydrogens is 132 g/mol. The van der Waals surface area contributed by atoms with Gasteiger partial charge < -0.3 is 15.4 Å². The minimum atomic E-state index is -0.380. The van der Waals surface area contributed by atoms with Gasteiger partial charge >= 0.3 is 0 Å². The van der Waals surface area contributed by atoms with E-state index in [0.29, 0.717) is 6.54 Å². The number of nitrogens with one attached hydrogen (secondary N) is 2. The molecule has 0 heterocycles. The Morgan fingerprint density at radius 1 is 1.60 bits per heavy atom. The molecule has 0 aromatic carbocycles. The standard InChI is InChI=1S/C6H14N2O2/c1-7-4-5(10-3)6(9)8-2/h5,7H,4H2,1-3H3,(H,8,9)/t5-/m0/s1. The van der Waals surface area contributed by atoms with Gasteiger partial charge in [-0.25, -0.2) is 0 Å². The van der Waals surface area contributed by atoms with E-state index in [4.69, 9.17) is 4.74 Å². The molecule has 0 saturated carbocycles. The summed E-state index contributed by atoms with van der Waals surface area (Å²) in [6, 6.07) is 0. The molecule has 4 heteroatoms. The molecular formula is C6H14N2O2. The molecule has 0 spiro atoms.